The number of halogens is 1. The molecule has 0 bridgehead atoms. The molecule has 0 radical (unpaired) electrons. The zero-order chi connectivity index (χ0) is 25.1. The molecule has 0 unspecified atom stereocenters. The van der Waals surface area contributed by atoms with E-state index in [0.717, 1.165) is 16.8 Å². The Morgan fingerprint density at radius 2 is 1.85 bits per heavy atom. The predicted octanol–water partition coefficient (Wildman–Crippen LogP) is 3.89. The molecule has 0 aromatic heterocycles. The lowest BCUT2D eigenvalue weighted by atomic mass is 10.1. The van der Waals surface area contributed by atoms with Crippen molar-refractivity contribution in [3.05, 3.63) is 51.5 Å². The maximum absolute atomic E-state index is 12.2. The largest absolute Gasteiger partial charge is 0.493 e. The van der Waals surface area contributed by atoms with Gasteiger partial charge in [-0.3, -0.25) is 9.59 Å². The molecule has 0 heterocycles. The van der Waals surface area contributed by atoms with Gasteiger partial charge in [0.25, 0.3) is 0 Å². The van der Waals surface area contributed by atoms with Gasteiger partial charge in [-0.2, -0.15) is 5.10 Å². The maximum atomic E-state index is 12.2. The number of ether oxygens (including phenoxy) is 3. The number of carbonyl (C=O) groups is 3. The number of amides is 2. The summed E-state index contributed by atoms with van der Waals surface area (Å²) in [4.78, 5) is 35.7. The summed E-state index contributed by atoms with van der Waals surface area (Å²) in [5, 5.41) is 6.75. The Morgan fingerprint density at radius 3 is 2.56 bits per heavy atom. The molecule has 10 heteroatoms. The second-order valence-corrected chi connectivity index (χ2v) is 8.07. The van der Waals surface area contributed by atoms with Gasteiger partial charge in [-0.25, -0.2) is 10.2 Å². The van der Waals surface area contributed by atoms with Crippen molar-refractivity contribution >= 4 is 45.6 Å². The average molecular weight is 534 g/mol. The number of benzene rings is 2. The molecule has 0 aliphatic heterocycles. The smallest absolute Gasteiger partial charge is 0.344 e. The van der Waals surface area contributed by atoms with Gasteiger partial charge in [-0.15, -0.1) is 0 Å². The second kappa shape index (κ2) is 13.3. The third-order valence-electron chi connectivity index (χ3n) is 4.75. The van der Waals surface area contributed by atoms with E-state index in [-0.39, 0.29) is 32.0 Å². The van der Waals surface area contributed by atoms with Crippen molar-refractivity contribution in [3.8, 4) is 11.5 Å². The summed E-state index contributed by atoms with van der Waals surface area (Å²) in [6.45, 7) is 5.61. The summed E-state index contributed by atoms with van der Waals surface area (Å²) in [5.74, 6) is -0.429. The molecule has 2 N–H and O–H groups in total. The molecule has 0 aliphatic carbocycles. The number of aryl methyl sites for hydroxylation is 1. The summed E-state index contributed by atoms with van der Waals surface area (Å²) in [6, 6.07) is 8.99. The number of hydrogen-bond donors (Lipinski definition) is 2. The molecule has 2 amide bonds. The summed E-state index contributed by atoms with van der Waals surface area (Å²) >= 11 is 3.38. The van der Waals surface area contributed by atoms with Gasteiger partial charge in [0.05, 0.1) is 24.4 Å². The highest BCUT2D eigenvalue weighted by Gasteiger charge is 2.14. The molecule has 0 spiro atoms. The Bertz CT molecular complexity index is 1070. The molecule has 0 atom stereocenters. The minimum absolute atomic E-state index is 0.0122. The first-order valence-electron chi connectivity index (χ1n) is 10.6. The number of methoxy groups -OCH3 is 1. The van der Waals surface area contributed by atoms with Crippen molar-refractivity contribution in [2.24, 2.45) is 5.10 Å². The topological polar surface area (TPSA) is 115 Å². The highest BCUT2D eigenvalue weighted by Crippen LogP contribution is 2.36. The van der Waals surface area contributed by atoms with Crippen molar-refractivity contribution in [3.63, 3.8) is 0 Å². The van der Waals surface area contributed by atoms with Gasteiger partial charge in [-0.1, -0.05) is 12.1 Å². The second-order valence-electron chi connectivity index (χ2n) is 7.22. The van der Waals surface area contributed by atoms with Gasteiger partial charge in [0.2, 0.25) is 11.8 Å². The van der Waals surface area contributed by atoms with Crippen molar-refractivity contribution in [2.45, 2.75) is 33.6 Å². The van der Waals surface area contributed by atoms with Crippen LogP contribution in [0.25, 0.3) is 0 Å². The summed E-state index contributed by atoms with van der Waals surface area (Å²) < 4.78 is 16.2. The number of rotatable bonds is 11. The molecule has 2 aromatic carbocycles. The van der Waals surface area contributed by atoms with Gasteiger partial charge in [0.15, 0.2) is 18.1 Å². The predicted molar refractivity (Wildman–Crippen MR) is 132 cm³/mol. The zero-order valence-corrected chi connectivity index (χ0v) is 21.2. The Hall–Kier alpha value is -3.40. The molecule has 0 saturated heterocycles. The van der Waals surface area contributed by atoms with E-state index in [9.17, 15) is 14.4 Å². The van der Waals surface area contributed by atoms with Crippen LogP contribution < -0.4 is 20.2 Å². The molecule has 2 rings (SSSR count). The van der Waals surface area contributed by atoms with E-state index >= 15 is 0 Å². The Morgan fingerprint density at radius 1 is 1.12 bits per heavy atom. The third-order valence-corrected chi connectivity index (χ3v) is 5.34. The first-order chi connectivity index (χ1) is 16.2. The van der Waals surface area contributed by atoms with Crippen molar-refractivity contribution < 1.29 is 28.6 Å². The van der Waals surface area contributed by atoms with Crippen LogP contribution in [0.2, 0.25) is 0 Å². The fourth-order valence-corrected chi connectivity index (χ4v) is 3.42. The van der Waals surface area contributed by atoms with Crippen molar-refractivity contribution in [2.75, 3.05) is 25.6 Å². The molecule has 34 heavy (non-hydrogen) atoms. The van der Waals surface area contributed by atoms with Gasteiger partial charge in [0.1, 0.15) is 0 Å². The van der Waals surface area contributed by atoms with Gasteiger partial charge >= 0.3 is 5.97 Å². The van der Waals surface area contributed by atoms with Crippen LogP contribution in [0.5, 0.6) is 11.5 Å². The van der Waals surface area contributed by atoms with Crippen LogP contribution in [0.3, 0.4) is 0 Å². The summed E-state index contributed by atoms with van der Waals surface area (Å²) in [5.41, 5.74) is 5.81. The number of anilines is 1. The van der Waals surface area contributed by atoms with Crippen LogP contribution in [0, 0.1) is 13.8 Å². The summed E-state index contributed by atoms with van der Waals surface area (Å²) in [7, 11) is 1.46. The van der Waals surface area contributed by atoms with E-state index in [1.165, 1.54) is 13.3 Å². The summed E-state index contributed by atoms with van der Waals surface area (Å²) in [6.07, 6.45) is 1.44. The molecule has 0 aliphatic rings. The number of nitrogens with one attached hydrogen (secondary N) is 2. The van der Waals surface area contributed by atoms with E-state index < -0.39 is 11.9 Å². The van der Waals surface area contributed by atoms with Crippen LogP contribution in [0.1, 0.15) is 36.5 Å². The van der Waals surface area contributed by atoms with Crippen LogP contribution in [0.4, 0.5) is 5.69 Å². The quantitative estimate of drug-likeness (QED) is 0.257. The van der Waals surface area contributed by atoms with Crippen molar-refractivity contribution in [1.82, 2.24) is 5.43 Å². The minimum atomic E-state index is -0.493. The first-order valence-corrected chi connectivity index (χ1v) is 11.4. The Labute approximate surface area is 207 Å². The number of nitrogens with zero attached hydrogens (tertiary/aromatic N) is 1. The molecular formula is C24H28BrN3O6. The lowest BCUT2D eigenvalue weighted by molar-refractivity contribution is -0.145. The monoisotopic (exact) mass is 533 g/mol. The normalized spacial score (nSPS) is 10.6. The van der Waals surface area contributed by atoms with Gasteiger partial charge in [-0.05, 0) is 71.6 Å². The molecule has 2 aromatic rings. The molecule has 0 fully saturated rings. The van der Waals surface area contributed by atoms with Crippen LogP contribution in [-0.4, -0.2) is 44.3 Å². The van der Waals surface area contributed by atoms with Gasteiger partial charge < -0.3 is 19.5 Å². The lowest BCUT2D eigenvalue weighted by Crippen LogP contribution is -2.21. The van der Waals surface area contributed by atoms with Crippen LogP contribution >= 0.6 is 15.9 Å². The number of hydrogen-bond acceptors (Lipinski definition) is 7. The van der Waals surface area contributed by atoms with E-state index in [2.05, 4.69) is 31.8 Å². The van der Waals surface area contributed by atoms with Crippen LogP contribution in [0.15, 0.2) is 39.9 Å². The maximum Gasteiger partial charge on any atom is 0.344 e. The zero-order valence-electron chi connectivity index (χ0n) is 19.6. The van der Waals surface area contributed by atoms with E-state index in [1.807, 2.05) is 32.0 Å². The Kier molecular flexibility index (Phi) is 10.5. The highest BCUT2D eigenvalue weighted by atomic mass is 79.9. The number of hydrazone groups is 1. The fourth-order valence-electron chi connectivity index (χ4n) is 2.85. The fraction of sp³-hybridized carbons (Fsp3) is 0.333. The average Bonchev–Trinajstić information content (AvgIpc) is 2.80. The lowest BCUT2D eigenvalue weighted by Gasteiger charge is -2.13. The molecule has 182 valence electrons. The van der Waals surface area contributed by atoms with Crippen molar-refractivity contribution in [1.29, 1.82) is 0 Å². The van der Waals surface area contributed by atoms with E-state index in [1.54, 1.807) is 19.1 Å². The molecular weight excluding hydrogens is 506 g/mol. The molecule has 0 saturated carbocycles. The van der Waals surface area contributed by atoms with Gasteiger partial charge in [0, 0.05) is 18.5 Å². The molecule has 9 nitrogen and oxygen atoms in total. The van der Waals surface area contributed by atoms with Crippen LogP contribution in [-0.2, 0) is 19.1 Å². The number of carbonyl (C=O) groups excluding carboxylic acids is 3. The van der Waals surface area contributed by atoms with E-state index in [4.69, 9.17) is 14.2 Å². The Balaban J connectivity index is 1.88. The highest BCUT2D eigenvalue weighted by molar-refractivity contribution is 9.10. The standard InChI is InChI=1S/C24H28BrN3O6/c1-5-33-23(31)14-34-24-18(25)11-17(12-20(24)32-4)13-26-28-22(30)10-9-21(29)27-19-8-6-7-15(2)16(19)3/h6-8,11-13H,5,9-10,14H2,1-4H3,(H,27,29)(H,28,30). The first kappa shape index (κ1) is 26.8. The minimum Gasteiger partial charge on any atom is -0.493 e. The SMILES string of the molecule is CCOC(=O)COc1c(Br)cc(C=NNC(=O)CCC(=O)Nc2cccc(C)c2C)cc1OC. The number of esters is 1. The van der Waals surface area contributed by atoms with E-state index in [0.29, 0.717) is 21.5 Å². The third kappa shape index (κ3) is 8.18.